The number of halogens is 1. The van der Waals surface area contributed by atoms with Crippen molar-refractivity contribution < 1.29 is 9.47 Å². The van der Waals surface area contributed by atoms with Crippen molar-refractivity contribution in [3.63, 3.8) is 0 Å². The zero-order valence-electron chi connectivity index (χ0n) is 13.1. The lowest BCUT2D eigenvalue weighted by Crippen LogP contribution is -2.25. The molecule has 114 valence electrons. The van der Waals surface area contributed by atoms with E-state index >= 15 is 0 Å². The summed E-state index contributed by atoms with van der Waals surface area (Å²) in [5.74, 6) is 0.845. The van der Waals surface area contributed by atoms with Crippen molar-refractivity contribution in [2.45, 2.75) is 52.3 Å². The van der Waals surface area contributed by atoms with Gasteiger partial charge in [0.1, 0.15) is 5.75 Å². The van der Waals surface area contributed by atoms with E-state index in [0.717, 1.165) is 22.8 Å². The van der Waals surface area contributed by atoms with E-state index in [9.17, 15) is 0 Å². The Balaban J connectivity index is 2.67. The van der Waals surface area contributed by atoms with E-state index in [1.165, 1.54) is 0 Å². The molecule has 0 aliphatic heterocycles. The fourth-order valence-electron chi connectivity index (χ4n) is 1.66. The molecule has 0 saturated carbocycles. The summed E-state index contributed by atoms with van der Waals surface area (Å²) in [5.41, 5.74) is 0.840. The van der Waals surface area contributed by atoms with Gasteiger partial charge in [0.15, 0.2) is 0 Å². The van der Waals surface area contributed by atoms with Gasteiger partial charge in [0, 0.05) is 36.7 Å². The van der Waals surface area contributed by atoms with Gasteiger partial charge in [-0.2, -0.15) is 0 Å². The molecular weight excluding hydrogens is 274 g/mol. The Kier molecular flexibility index (Phi) is 6.80. The summed E-state index contributed by atoms with van der Waals surface area (Å²) in [7, 11) is 1.72. The largest absolute Gasteiger partial charge is 0.493 e. The molecule has 1 rings (SSSR count). The van der Waals surface area contributed by atoms with Crippen LogP contribution in [-0.2, 0) is 11.3 Å². The molecule has 0 atom stereocenters. The fraction of sp³-hybridized carbons (Fsp3) is 0.625. The molecule has 4 heteroatoms. The molecule has 0 saturated heterocycles. The number of hydrogen-bond acceptors (Lipinski definition) is 3. The van der Waals surface area contributed by atoms with Crippen LogP contribution in [0.4, 0.5) is 0 Å². The van der Waals surface area contributed by atoms with E-state index in [-0.39, 0.29) is 5.60 Å². The van der Waals surface area contributed by atoms with Crippen molar-refractivity contribution in [3.05, 3.63) is 28.8 Å². The summed E-state index contributed by atoms with van der Waals surface area (Å²) in [6.07, 6.45) is 0.826. The monoisotopic (exact) mass is 299 g/mol. The molecule has 0 aliphatic rings. The molecule has 1 N–H and O–H groups in total. The third-order valence-electron chi connectivity index (χ3n) is 3.28. The second-order valence-corrected chi connectivity index (χ2v) is 6.22. The number of benzene rings is 1. The molecular formula is C16H26ClNO2. The lowest BCUT2D eigenvalue weighted by atomic mass is 10.1. The molecule has 0 aromatic heterocycles. The first kappa shape index (κ1) is 17.3. The topological polar surface area (TPSA) is 30.5 Å². The van der Waals surface area contributed by atoms with Crippen LogP contribution in [-0.4, -0.2) is 25.4 Å². The number of methoxy groups -OCH3 is 1. The maximum absolute atomic E-state index is 6.26. The highest BCUT2D eigenvalue weighted by molar-refractivity contribution is 6.31. The second-order valence-electron chi connectivity index (χ2n) is 5.81. The number of hydrogen-bond donors (Lipinski definition) is 1. The summed E-state index contributed by atoms with van der Waals surface area (Å²) in [4.78, 5) is 0. The van der Waals surface area contributed by atoms with Crippen molar-refractivity contribution in [1.82, 2.24) is 5.32 Å². The maximum Gasteiger partial charge on any atom is 0.125 e. The molecule has 0 spiro atoms. The normalized spacial score (nSPS) is 11.9. The van der Waals surface area contributed by atoms with Crippen molar-refractivity contribution in [2.75, 3.05) is 13.7 Å². The van der Waals surface area contributed by atoms with Crippen molar-refractivity contribution in [3.8, 4) is 5.75 Å². The van der Waals surface area contributed by atoms with Crippen LogP contribution < -0.4 is 10.1 Å². The quantitative estimate of drug-likeness (QED) is 0.786. The van der Waals surface area contributed by atoms with Crippen LogP contribution in [0.5, 0.6) is 5.75 Å². The van der Waals surface area contributed by atoms with Crippen LogP contribution in [0.1, 0.15) is 39.7 Å². The van der Waals surface area contributed by atoms with Gasteiger partial charge in [-0.15, -0.1) is 0 Å². The summed E-state index contributed by atoms with van der Waals surface area (Å²) in [6.45, 7) is 9.64. The van der Waals surface area contributed by atoms with Crippen LogP contribution in [0.3, 0.4) is 0 Å². The summed E-state index contributed by atoms with van der Waals surface area (Å²) in [5, 5.41) is 4.11. The number of rotatable bonds is 8. The Morgan fingerprint density at radius 3 is 2.60 bits per heavy atom. The number of nitrogens with one attached hydrogen (secondary N) is 1. The molecule has 1 aromatic rings. The molecule has 0 bridgehead atoms. The Hall–Kier alpha value is -0.770. The Morgan fingerprint density at radius 2 is 2.00 bits per heavy atom. The standard InChI is InChI=1S/C16H26ClNO2/c1-12(2)18-11-13-14(17)7-6-8-15(13)20-10-9-16(3,4)19-5/h6-8,12,18H,9-11H2,1-5H3. The minimum absolute atomic E-state index is 0.172. The van der Waals surface area contributed by atoms with Crippen molar-refractivity contribution >= 4 is 11.6 Å². The Labute approximate surface area is 127 Å². The highest BCUT2D eigenvalue weighted by atomic mass is 35.5. The number of ether oxygens (including phenoxy) is 2. The van der Waals surface area contributed by atoms with Crippen LogP contribution in [0.2, 0.25) is 5.02 Å². The lowest BCUT2D eigenvalue weighted by molar-refractivity contribution is 0.00537. The van der Waals surface area contributed by atoms with Crippen LogP contribution in [0.15, 0.2) is 18.2 Å². The minimum atomic E-state index is -0.172. The third kappa shape index (κ3) is 5.70. The highest BCUT2D eigenvalue weighted by Crippen LogP contribution is 2.27. The predicted octanol–water partition coefficient (Wildman–Crippen LogP) is 4.03. The van der Waals surface area contributed by atoms with Gasteiger partial charge in [-0.1, -0.05) is 31.5 Å². The molecule has 0 amide bonds. The molecule has 3 nitrogen and oxygen atoms in total. The van der Waals surface area contributed by atoms with Gasteiger partial charge in [-0.05, 0) is 26.0 Å². The predicted molar refractivity (Wildman–Crippen MR) is 84.6 cm³/mol. The summed E-state index contributed by atoms with van der Waals surface area (Å²) < 4.78 is 11.3. The average Bonchev–Trinajstić information content (AvgIpc) is 2.37. The van der Waals surface area contributed by atoms with E-state index in [1.807, 2.05) is 18.2 Å². The van der Waals surface area contributed by atoms with Gasteiger partial charge in [0.25, 0.3) is 0 Å². The van der Waals surface area contributed by atoms with Crippen molar-refractivity contribution in [2.24, 2.45) is 0 Å². The van der Waals surface area contributed by atoms with Gasteiger partial charge in [-0.25, -0.2) is 0 Å². The first-order valence-corrected chi connectivity index (χ1v) is 7.42. The zero-order chi connectivity index (χ0) is 15.2. The summed E-state index contributed by atoms with van der Waals surface area (Å²) >= 11 is 6.26. The van der Waals surface area contributed by atoms with Gasteiger partial charge in [0.2, 0.25) is 0 Å². The molecule has 0 heterocycles. The maximum atomic E-state index is 6.26. The second kappa shape index (κ2) is 7.87. The molecule has 1 aromatic carbocycles. The highest BCUT2D eigenvalue weighted by Gasteiger charge is 2.17. The van der Waals surface area contributed by atoms with E-state index in [2.05, 4.69) is 33.0 Å². The Morgan fingerprint density at radius 1 is 1.30 bits per heavy atom. The first-order valence-electron chi connectivity index (χ1n) is 7.04. The van der Waals surface area contributed by atoms with Gasteiger partial charge >= 0.3 is 0 Å². The van der Waals surface area contributed by atoms with Crippen LogP contribution in [0.25, 0.3) is 0 Å². The molecule has 0 aliphatic carbocycles. The first-order chi connectivity index (χ1) is 9.35. The van der Waals surface area contributed by atoms with E-state index in [4.69, 9.17) is 21.1 Å². The summed E-state index contributed by atoms with van der Waals surface area (Å²) in [6, 6.07) is 6.18. The third-order valence-corrected chi connectivity index (χ3v) is 3.63. The molecule has 20 heavy (non-hydrogen) atoms. The molecule has 0 fully saturated rings. The smallest absolute Gasteiger partial charge is 0.125 e. The lowest BCUT2D eigenvalue weighted by Gasteiger charge is -2.23. The minimum Gasteiger partial charge on any atom is -0.493 e. The zero-order valence-corrected chi connectivity index (χ0v) is 13.9. The van der Waals surface area contributed by atoms with Gasteiger partial charge in [-0.3, -0.25) is 0 Å². The Bertz CT molecular complexity index is 419. The SMILES string of the molecule is COC(C)(C)CCOc1cccc(Cl)c1CNC(C)C. The van der Waals surface area contributed by atoms with E-state index < -0.39 is 0 Å². The van der Waals surface area contributed by atoms with E-state index in [1.54, 1.807) is 7.11 Å². The molecule has 0 unspecified atom stereocenters. The van der Waals surface area contributed by atoms with Gasteiger partial charge < -0.3 is 14.8 Å². The van der Waals surface area contributed by atoms with Crippen molar-refractivity contribution in [1.29, 1.82) is 0 Å². The van der Waals surface area contributed by atoms with Crippen LogP contribution >= 0.6 is 11.6 Å². The fourth-order valence-corrected chi connectivity index (χ4v) is 1.89. The van der Waals surface area contributed by atoms with E-state index in [0.29, 0.717) is 19.2 Å². The molecule has 0 radical (unpaired) electrons. The van der Waals surface area contributed by atoms with Gasteiger partial charge in [0.05, 0.1) is 12.2 Å². The van der Waals surface area contributed by atoms with Crippen LogP contribution in [0, 0.1) is 0 Å². The average molecular weight is 300 g/mol.